The highest BCUT2D eigenvalue weighted by molar-refractivity contribution is 9.11. The minimum atomic E-state index is -0.824. The van der Waals surface area contributed by atoms with Crippen LogP contribution in [-0.2, 0) is 16.1 Å². The van der Waals surface area contributed by atoms with E-state index in [1.807, 2.05) is 30.3 Å². The predicted molar refractivity (Wildman–Crippen MR) is 127 cm³/mol. The van der Waals surface area contributed by atoms with Crippen molar-refractivity contribution in [2.24, 2.45) is 0 Å². The van der Waals surface area contributed by atoms with E-state index >= 15 is 0 Å². The van der Waals surface area contributed by atoms with Gasteiger partial charge in [-0.05, 0) is 79.4 Å². The third-order valence-corrected chi connectivity index (χ3v) is 5.89. The molecule has 8 heteroatoms. The van der Waals surface area contributed by atoms with E-state index in [4.69, 9.17) is 21.1 Å². The van der Waals surface area contributed by atoms with Gasteiger partial charge in [-0.2, -0.15) is 0 Å². The molecule has 156 valence electrons. The van der Waals surface area contributed by atoms with E-state index in [2.05, 4.69) is 37.2 Å². The van der Waals surface area contributed by atoms with Gasteiger partial charge in [-0.3, -0.25) is 4.79 Å². The summed E-state index contributed by atoms with van der Waals surface area (Å²) in [7, 11) is 0. The lowest BCUT2D eigenvalue weighted by Gasteiger charge is -2.10. The van der Waals surface area contributed by atoms with Gasteiger partial charge in [-0.1, -0.05) is 41.9 Å². The third-order valence-electron chi connectivity index (χ3n) is 4.48. The van der Waals surface area contributed by atoms with E-state index in [1.54, 1.807) is 36.4 Å². The molecule has 3 aromatic rings. The number of halogens is 3. The Labute approximate surface area is 200 Å². The fraction of sp³-hybridized carbons (Fsp3) is 0.0435. The lowest BCUT2D eigenvalue weighted by molar-refractivity contribution is -0.110. The van der Waals surface area contributed by atoms with Crippen molar-refractivity contribution in [3.8, 4) is 5.75 Å². The Morgan fingerprint density at radius 1 is 1.03 bits per heavy atom. The van der Waals surface area contributed by atoms with Crippen LogP contribution in [0.4, 0.5) is 10.5 Å². The first-order valence-corrected chi connectivity index (χ1v) is 11.1. The topological polar surface area (TPSA) is 64.6 Å². The van der Waals surface area contributed by atoms with Crippen LogP contribution in [0.1, 0.15) is 16.7 Å². The number of amides is 1. The lowest BCUT2D eigenvalue weighted by atomic mass is 10.0. The SMILES string of the molecule is O=C(OCc1ccccc1)Oc1c(Br)cc(C=C2C(=O)Nc3ccc(Cl)cc32)cc1Br. The van der Waals surface area contributed by atoms with Gasteiger partial charge in [-0.25, -0.2) is 4.79 Å². The Balaban J connectivity index is 1.53. The van der Waals surface area contributed by atoms with Crippen molar-refractivity contribution in [2.45, 2.75) is 6.61 Å². The van der Waals surface area contributed by atoms with E-state index in [1.165, 1.54) is 0 Å². The summed E-state index contributed by atoms with van der Waals surface area (Å²) in [5.74, 6) is 0.0638. The number of ether oxygens (including phenoxy) is 2. The summed E-state index contributed by atoms with van der Waals surface area (Å²) in [6, 6.07) is 18.0. The van der Waals surface area contributed by atoms with Crippen molar-refractivity contribution in [3.05, 3.63) is 91.3 Å². The van der Waals surface area contributed by atoms with Crippen molar-refractivity contribution in [1.82, 2.24) is 0 Å². The van der Waals surface area contributed by atoms with E-state index in [9.17, 15) is 9.59 Å². The molecule has 1 heterocycles. The fourth-order valence-electron chi connectivity index (χ4n) is 3.06. The number of anilines is 1. The molecule has 1 aliphatic heterocycles. The second-order valence-corrected chi connectivity index (χ2v) is 8.79. The summed E-state index contributed by atoms with van der Waals surface area (Å²) in [4.78, 5) is 24.5. The van der Waals surface area contributed by atoms with Gasteiger partial charge < -0.3 is 14.8 Å². The van der Waals surface area contributed by atoms with Crippen LogP contribution in [0.5, 0.6) is 5.75 Å². The first-order valence-electron chi connectivity index (χ1n) is 9.11. The van der Waals surface area contributed by atoms with Crippen molar-refractivity contribution >= 4 is 72.9 Å². The average molecular weight is 564 g/mol. The lowest BCUT2D eigenvalue weighted by Crippen LogP contribution is -2.11. The van der Waals surface area contributed by atoms with Gasteiger partial charge in [0.15, 0.2) is 5.75 Å². The van der Waals surface area contributed by atoms with Crippen molar-refractivity contribution in [1.29, 1.82) is 0 Å². The summed E-state index contributed by atoms with van der Waals surface area (Å²) in [6.07, 6.45) is 0.917. The second kappa shape index (κ2) is 9.26. The third kappa shape index (κ3) is 5.01. The van der Waals surface area contributed by atoms with Gasteiger partial charge >= 0.3 is 6.16 Å². The highest BCUT2D eigenvalue weighted by Gasteiger charge is 2.24. The number of hydrogen-bond donors (Lipinski definition) is 1. The molecule has 0 saturated heterocycles. The fourth-order valence-corrected chi connectivity index (χ4v) is 4.62. The normalized spacial score (nSPS) is 13.6. The molecule has 1 N–H and O–H groups in total. The first kappa shape index (κ1) is 21.6. The Morgan fingerprint density at radius 3 is 2.45 bits per heavy atom. The summed E-state index contributed by atoms with van der Waals surface area (Å²) in [5.41, 5.74) is 3.51. The van der Waals surface area contributed by atoms with Crippen LogP contribution >= 0.6 is 43.5 Å². The molecule has 0 aliphatic carbocycles. The monoisotopic (exact) mass is 561 g/mol. The van der Waals surface area contributed by atoms with E-state index in [0.717, 1.165) is 16.7 Å². The van der Waals surface area contributed by atoms with Crippen LogP contribution in [0.2, 0.25) is 5.02 Å². The Morgan fingerprint density at radius 2 is 1.74 bits per heavy atom. The number of carbonyl (C=O) groups excluding carboxylic acids is 2. The number of fused-ring (bicyclic) bond motifs is 1. The van der Waals surface area contributed by atoms with Crippen LogP contribution in [-0.4, -0.2) is 12.1 Å². The highest BCUT2D eigenvalue weighted by atomic mass is 79.9. The molecule has 0 bridgehead atoms. The van der Waals surface area contributed by atoms with Crippen LogP contribution < -0.4 is 10.1 Å². The smallest absolute Gasteiger partial charge is 0.429 e. The number of benzene rings is 3. The van der Waals surface area contributed by atoms with Gasteiger partial charge in [0.05, 0.1) is 8.95 Å². The molecule has 0 spiro atoms. The van der Waals surface area contributed by atoms with Gasteiger partial charge in [0.25, 0.3) is 5.91 Å². The standard InChI is InChI=1S/C23H14Br2ClNO4/c24-18-9-14(8-17-16-11-15(26)6-7-20(16)27-22(17)28)10-19(25)21(18)31-23(29)30-12-13-4-2-1-3-5-13/h1-11H,12H2,(H,27,28). The van der Waals surface area contributed by atoms with Gasteiger partial charge in [0, 0.05) is 21.8 Å². The number of nitrogens with one attached hydrogen (secondary N) is 1. The molecule has 4 rings (SSSR count). The molecule has 31 heavy (non-hydrogen) atoms. The Kier molecular flexibility index (Phi) is 6.46. The Hall–Kier alpha value is -2.61. The average Bonchev–Trinajstić information content (AvgIpc) is 3.04. The molecular weight excluding hydrogens is 550 g/mol. The zero-order chi connectivity index (χ0) is 22.0. The van der Waals surface area contributed by atoms with Crippen LogP contribution in [0, 0.1) is 0 Å². The quantitative estimate of drug-likeness (QED) is 0.209. The van der Waals surface area contributed by atoms with Crippen molar-refractivity contribution in [2.75, 3.05) is 5.32 Å². The number of hydrogen-bond acceptors (Lipinski definition) is 4. The number of carbonyl (C=O) groups is 2. The van der Waals surface area contributed by atoms with Gasteiger partial charge in [0.2, 0.25) is 0 Å². The molecular formula is C23H14Br2ClNO4. The van der Waals surface area contributed by atoms with E-state index in [-0.39, 0.29) is 18.3 Å². The molecule has 0 atom stereocenters. The van der Waals surface area contributed by atoms with Crippen molar-refractivity contribution in [3.63, 3.8) is 0 Å². The molecule has 0 radical (unpaired) electrons. The maximum absolute atomic E-state index is 12.4. The number of rotatable bonds is 4. The minimum absolute atomic E-state index is 0.107. The summed E-state index contributed by atoms with van der Waals surface area (Å²) in [6.45, 7) is 0.107. The Bertz CT molecular complexity index is 1190. The summed E-state index contributed by atoms with van der Waals surface area (Å²) < 4.78 is 11.6. The van der Waals surface area contributed by atoms with Crippen LogP contribution in [0.25, 0.3) is 11.6 Å². The zero-order valence-electron chi connectivity index (χ0n) is 15.8. The molecule has 3 aromatic carbocycles. The van der Waals surface area contributed by atoms with E-state index < -0.39 is 6.16 Å². The van der Waals surface area contributed by atoms with E-state index in [0.29, 0.717) is 25.2 Å². The second-order valence-electron chi connectivity index (χ2n) is 6.64. The maximum Gasteiger partial charge on any atom is 0.514 e. The molecule has 5 nitrogen and oxygen atoms in total. The van der Waals surface area contributed by atoms with Crippen molar-refractivity contribution < 1.29 is 19.1 Å². The molecule has 0 fully saturated rings. The maximum atomic E-state index is 12.4. The first-order chi connectivity index (χ1) is 14.9. The zero-order valence-corrected chi connectivity index (χ0v) is 19.8. The summed E-state index contributed by atoms with van der Waals surface area (Å²) >= 11 is 12.9. The molecule has 0 unspecified atom stereocenters. The van der Waals surface area contributed by atoms with Gasteiger partial charge in [0.1, 0.15) is 6.61 Å². The molecule has 1 amide bonds. The highest BCUT2D eigenvalue weighted by Crippen LogP contribution is 2.38. The molecule has 0 aromatic heterocycles. The van der Waals surface area contributed by atoms with Crippen LogP contribution in [0.3, 0.4) is 0 Å². The summed E-state index contributed by atoms with van der Waals surface area (Å²) in [5, 5.41) is 3.36. The molecule has 0 saturated carbocycles. The largest absolute Gasteiger partial charge is 0.514 e. The predicted octanol–water partition coefficient (Wildman–Crippen LogP) is 7.07. The molecule has 1 aliphatic rings. The van der Waals surface area contributed by atoms with Crippen LogP contribution in [0.15, 0.2) is 69.6 Å². The van der Waals surface area contributed by atoms with Gasteiger partial charge in [-0.15, -0.1) is 0 Å². The minimum Gasteiger partial charge on any atom is -0.429 e.